The minimum absolute atomic E-state index is 0.0462. The predicted molar refractivity (Wildman–Crippen MR) is 52.0 cm³/mol. The molecule has 2 atom stereocenters. The first-order chi connectivity index (χ1) is 6.77. The zero-order chi connectivity index (χ0) is 10.1. The van der Waals surface area contributed by atoms with Crippen LogP contribution in [0.1, 0.15) is 11.7 Å². The number of anilines is 1. The summed E-state index contributed by atoms with van der Waals surface area (Å²) in [6, 6.07) is 5.63. The maximum absolute atomic E-state index is 5.89. The maximum atomic E-state index is 5.89. The van der Waals surface area contributed by atoms with Gasteiger partial charge in [0.15, 0.2) is 6.29 Å². The number of rotatable bonds is 3. The number of nitrogen functional groups attached to an aromatic ring is 1. The molecule has 1 heterocycles. The van der Waals surface area contributed by atoms with E-state index in [0.29, 0.717) is 11.4 Å². The Morgan fingerprint density at radius 3 is 2.71 bits per heavy atom. The van der Waals surface area contributed by atoms with Crippen LogP contribution >= 0.6 is 0 Å². The Morgan fingerprint density at radius 2 is 2.14 bits per heavy atom. The molecule has 2 rings (SSSR count). The Hall–Kier alpha value is -1.26. The average Bonchev–Trinajstić information content (AvgIpc) is 2.97. The van der Waals surface area contributed by atoms with Crippen molar-refractivity contribution in [3.05, 3.63) is 23.8 Å². The quantitative estimate of drug-likeness (QED) is 0.583. The highest BCUT2D eigenvalue weighted by atomic mass is 16.8. The van der Waals surface area contributed by atoms with Gasteiger partial charge in [-0.3, -0.25) is 0 Å². The van der Waals surface area contributed by atoms with Crippen LogP contribution in [0.5, 0.6) is 5.75 Å². The third-order valence-corrected chi connectivity index (χ3v) is 2.31. The zero-order valence-electron chi connectivity index (χ0n) is 8.19. The molecule has 76 valence electrons. The van der Waals surface area contributed by atoms with E-state index in [4.69, 9.17) is 19.9 Å². The number of methoxy groups -OCH3 is 2. The lowest BCUT2D eigenvalue weighted by molar-refractivity contribution is 0.0950. The SMILES string of the molecule is COc1cccc(C2OC2OC)c1N. The summed E-state index contributed by atoms with van der Waals surface area (Å²) in [4.78, 5) is 0. The number of benzene rings is 1. The average molecular weight is 195 g/mol. The van der Waals surface area contributed by atoms with Crippen LogP contribution in [0.4, 0.5) is 5.69 Å². The highest BCUT2D eigenvalue weighted by Crippen LogP contribution is 2.43. The summed E-state index contributed by atoms with van der Waals surface area (Å²) in [5, 5.41) is 0. The Kier molecular flexibility index (Phi) is 2.31. The second kappa shape index (κ2) is 3.48. The van der Waals surface area contributed by atoms with E-state index in [9.17, 15) is 0 Å². The number of hydrogen-bond donors (Lipinski definition) is 1. The first-order valence-corrected chi connectivity index (χ1v) is 4.38. The Labute approximate surface area is 82.6 Å². The molecule has 2 N–H and O–H groups in total. The van der Waals surface area contributed by atoms with Gasteiger partial charge in [-0.15, -0.1) is 0 Å². The van der Waals surface area contributed by atoms with Gasteiger partial charge in [0, 0.05) is 12.7 Å². The molecule has 0 aromatic heterocycles. The number of epoxide rings is 1. The third-order valence-electron chi connectivity index (χ3n) is 2.31. The van der Waals surface area contributed by atoms with Crippen LogP contribution in [0.25, 0.3) is 0 Å². The van der Waals surface area contributed by atoms with Crippen molar-refractivity contribution in [1.29, 1.82) is 0 Å². The zero-order valence-corrected chi connectivity index (χ0v) is 8.19. The molecule has 0 bridgehead atoms. The van der Waals surface area contributed by atoms with Crippen LogP contribution < -0.4 is 10.5 Å². The maximum Gasteiger partial charge on any atom is 0.188 e. The van der Waals surface area contributed by atoms with E-state index >= 15 is 0 Å². The molecule has 4 nitrogen and oxygen atoms in total. The molecule has 0 spiro atoms. The van der Waals surface area contributed by atoms with Gasteiger partial charge >= 0.3 is 0 Å². The van der Waals surface area contributed by atoms with E-state index in [2.05, 4.69) is 0 Å². The van der Waals surface area contributed by atoms with Gasteiger partial charge in [-0.1, -0.05) is 12.1 Å². The Morgan fingerprint density at radius 1 is 1.36 bits per heavy atom. The molecule has 2 unspecified atom stereocenters. The van der Waals surface area contributed by atoms with Crippen LogP contribution in [0.2, 0.25) is 0 Å². The minimum Gasteiger partial charge on any atom is -0.495 e. The van der Waals surface area contributed by atoms with E-state index in [-0.39, 0.29) is 12.4 Å². The summed E-state index contributed by atoms with van der Waals surface area (Å²) in [7, 11) is 3.21. The van der Waals surface area contributed by atoms with Crippen LogP contribution in [0.15, 0.2) is 18.2 Å². The van der Waals surface area contributed by atoms with E-state index < -0.39 is 0 Å². The van der Waals surface area contributed by atoms with Crippen molar-refractivity contribution in [2.75, 3.05) is 20.0 Å². The number of para-hydroxylation sites is 1. The van der Waals surface area contributed by atoms with E-state index in [0.717, 1.165) is 5.56 Å². The summed E-state index contributed by atoms with van der Waals surface area (Å²) in [6.07, 6.45) is -0.209. The summed E-state index contributed by atoms with van der Waals surface area (Å²) in [5.74, 6) is 0.674. The lowest BCUT2D eigenvalue weighted by Gasteiger charge is -2.07. The van der Waals surface area contributed by atoms with Gasteiger partial charge in [0.2, 0.25) is 0 Å². The first kappa shape index (κ1) is 9.30. The van der Waals surface area contributed by atoms with Gasteiger partial charge in [-0.25, -0.2) is 0 Å². The van der Waals surface area contributed by atoms with Gasteiger partial charge in [0.1, 0.15) is 11.9 Å². The molecular formula is C10H13NO3. The minimum atomic E-state index is -0.163. The van der Waals surface area contributed by atoms with Crippen molar-refractivity contribution >= 4 is 5.69 Å². The van der Waals surface area contributed by atoms with Crippen LogP contribution in [-0.2, 0) is 9.47 Å². The van der Waals surface area contributed by atoms with Crippen LogP contribution in [0, 0.1) is 0 Å². The lowest BCUT2D eigenvalue weighted by atomic mass is 10.1. The van der Waals surface area contributed by atoms with E-state index in [1.54, 1.807) is 14.2 Å². The van der Waals surface area contributed by atoms with Gasteiger partial charge in [0.25, 0.3) is 0 Å². The predicted octanol–water partition coefficient (Wildman–Crippen LogP) is 1.32. The van der Waals surface area contributed by atoms with Crippen molar-refractivity contribution in [3.63, 3.8) is 0 Å². The molecule has 1 aromatic rings. The second-order valence-electron chi connectivity index (χ2n) is 3.12. The second-order valence-corrected chi connectivity index (χ2v) is 3.12. The number of hydrogen-bond acceptors (Lipinski definition) is 4. The first-order valence-electron chi connectivity index (χ1n) is 4.38. The van der Waals surface area contributed by atoms with Gasteiger partial charge < -0.3 is 19.9 Å². The highest BCUT2D eigenvalue weighted by molar-refractivity contribution is 5.60. The summed E-state index contributed by atoms with van der Waals surface area (Å²) < 4.78 is 15.4. The molecule has 1 saturated heterocycles. The van der Waals surface area contributed by atoms with Gasteiger partial charge in [0.05, 0.1) is 12.8 Å². The molecule has 1 aromatic carbocycles. The fraction of sp³-hybridized carbons (Fsp3) is 0.400. The smallest absolute Gasteiger partial charge is 0.188 e. The fourth-order valence-corrected chi connectivity index (χ4v) is 1.49. The summed E-state index contributed by atoms with van der Waals surface area (Å²) in [6.45, 7) is 0. The molecule has 0 radical (unpaired) electrons. The molecule has 1 aliphatic rings. The van der Waals surface area contributed by atoms with Crippen molar-refractivity contribution in [3.8, 4) is 5.75 Å². The summed E-state index contributed by atoms with van der Waals surface area (Å²) in [5.41, 5.74) is 7.44. The molecule has 0 saturated carbocycles. The largest absolute Gasteiger partial charge is 0.495 e. The normalized spacial score (nSPS) is 24.7. The van der Waals surface area contributed by atoms with Gasteiger partial charge in [-0.05, 0) is 6.07 Å². The summed E-state index contributed by atoms with van der Waals surface area (Å²) >= 11 is 0. The van der Waals surface area contributed by atoms with Crippen molar-refractivity contribution in [1.82, 2.24) is 0 Å². The Balaban J connectivity index is 2.26. The Bertz CT molecular complexity index is 340. The number of nitrogens with two attached hydrogens (primary N) is 1. The molecule has 4 heteroatoms. The fourth-order valence-electron chi connectivity index (χ4n) is 1.49. The molecule has 0 aliphatic carbocycles. The van der Waals surface area contributed by atoms with E-state index in [1.165, 1.54) is 0 Å². The number of ether oxygens (including phenoxy) is 3. The third kappa shape index (κ3) is 1.42. The van der Waals surface area contributed by atoms with Crippen LogP contribution in [-0.4, -0.2) is 20.5 Å². The van der Waals surface area contributed by atoms with E-state index in [1.807, 2.05) is 18.2 Å². The van der Waals surface area contributed by atoms with Crippen LogP contribution in [0.3, 0.4) is 0 Å². The lowest BCUT2D eigenvalue weighted by Crippen LogP contribution is -1.99. The van der Waals surface area contributed by atoms with Crippen molar-refractivity contribution in [2.45, 2.75) is 12.4 Å². The standard InChI is InChI=1S/C10H13NO3/c1-12-7-5-3-4-6(8(7)11)9-10(13-2)14-9/h3-5,9-10H,11H2,1-2H3. The molecule has 1 aliphatic heterocycles. The topological polar surface area (TPSA) is 57.0 Å². The molecule has 1 fully saturated rings. The monoisotopic (exact) mass is 195 g/mol. The molecule has 0 amide bonds. The highest BCUT2D eigenvalue weighted by Gasteiger charge is 2.42. The van der Waals surface area contributed by atoms with Crippen molar-refractivity contribution in [2.24, 2.45) is 0 Å². The van der Waals surface area contributed by atoms with Crippen molar-refractivity contribution < 1.29 is 14.2 Å². The molecule has 14 heavy (non-hydrogen) atoms. The molecular weight excluding hydrogens is 182 g/mol. The van der Waals surface area contributed by atoms with Gasteiger partial charge in [-0.2, -0.15) is 0 Å².